The van der Waals surface area contributed by atoms with Crippen molar-refractivity contribution < 1.29 is 9.53 Å². The topological polar surface area (TPSA) is 32.8 Å². The largest absolute Gasteiger partial charge is 0.466 e. The SMILES string of the molecule is CCCCCCCCCCN1CCCN(CC(C)C(=O)OCC)C1[SiH](C)C. The lowest BCUT2D eigenvalue weighted by Gasteiger charge is -2.46. The monoisotopic (exact) mass is 398 g/mol. The highest BCUT2D eigenvalue weighted by molar-refractivity contribution is 6.57. The molecule has 0 radical (unpaired) electrons. The van der Waals surface area contributed by atoms with Gasteiger partial charge in [0.05, 0.1) is 21.3 Å². The molecule has 0 aliphatic carbocycles. The second kappa shape index (κ2) is 14.6. The van der Waals surface area contributed by atoms with Crippen molar-refractivity contribution in [3.63, 3.8) is 0 Å². The van der Waals surface area contributed by atoms with E-state index >= 15 is 0 Å². The van der Waals surface area contributed by atoms with E-state index in [0.29, 0.717) is 12.4 Å². The Morgan fingerprint density at radius 1 is 1.00 bits per heavy atom. The lowest BCUT2D eigenvalue weighted by Crippen LogP contribution is -2.60. The minimum atomic E-state index is -0.852. The molecule has 0 saturated carbocycles. The van der Waals surface area contributed by atoms with Crippen LogP contribution in [-0.2, 0) is 9.53 Å². The number of carbonyl (C=O) groups excluding carboxylic acids is 1. The Labute approximate surface area is 170 Å². The Morgan fingerprint density at radius 2 is 1.59 bits per heavy atom. The van der Waals surface area contributed by atoms with Gasteiger partial charge in [-0.2, -0.15) is 0 Å². The Balaban J connectivity index is 2.41. The van der Waals surface area contributed by atoms with Gasteiger partial charge >= 0.3 is 5.97 Å². The Morgan fingerprint density at radius 3 is 2.19 bits per heavy atom. The highest BCUT2D eigenvalue weighted by Gasteiger charge is 2.33. The molecule has 1 fully saturated rings. The smallest absolute Gasteiger partial charge is 0.309 e. The molecule has 27 heavy (non-hydrogen) atoms. The van der Waals surface area contributed by atoms with Gasteiger partial charge in [0.2, 0.25) is 0 Å². The molecule has 5 heteroatoms. The molecule has 0 aromatic carbocycles. The second-order valence-electron chi connectivity index (χ2n) is 8.67. The minimum absolute atomic E-state index is 0.0247. The first-order valence-corrected chi connectivity index (χ1v) is 14.6. The van der Waals surface area contributed by atoms with Gasteiger partial charge in [0.1, 0.15) is 0 Å². The van der Waals surface area contributed by atoms with Gasteiger partial charge in [-0.25, -0.2) is 0 Å². The van der Waals surface area contributed by atoms with E-state index in [4.69, 9.17) is 4.74 Å². The number of unbranched alkanes of at least 4 members (excludes halogenated alkanes) is 7. The summed E-state index contributed by atoms with van der Waals surface area (Å²) in [5, 5.41) is 0. The number of nitrogens with zero attached hydrogens (tertiary/aromatic N) is 2. The molecule has 1 aliphatic rings. The van der Waals surface area contributed by atoms with Gasteiger partial charge in [-0.05, 0) is 26.3 Å². The van der Waals surface area contributed by atoms with Gasteiger partial charge in [-0.15, -0.1) is 0 Å². The van der Waals surface area contributed by atoms with Crippen LogP contribution in [0, 0.1) is 5.92 Å². The summed E-state index contributed by atoms with van der Waals surface area (Å²) in [7, 11) is -0.852. The maximum atomic E-state index is 12.1. The average Bonchev–Trinajstić information content (AvgIpc) is 2.64. The molecule has 4 nitrogen and oxygen atoms in total. The predicted molar refractivity (Wildman–Crippen MR) is 119 cm³/mol. The van der Waals surface area contributed by atoms with Crippen LogP contribution in [0.15, 0.2) is 0 Å². The maximum absolute atomic E-state index is 12.1. The first-order chi connectivity index (χ1) is 13.0. The normalized spacial score (nSPS) is 20.1. The molecule has 1 rings (SSSR count). The van der Waals surface area contributed by atoms with Crippen molar-refractivity contribution in [2.45, 2.75) is 97.4 Å². The van der Waals surface area contributed by atoms with Crippen LogP contribution >= 0.6 is 0 Å². The molecule has 1 aliphatic heterocycles. The molecule has 2 unspecified atom stereocenters. The first kappa shape index (κ1) is 24.6. The van der Waals surface area contributed by atoms with Crippen molar-refractivity contribution in [3.8, 4) is 0 Å². The minimum Gasteiger partial charge on any atom is -0.466 e. The van der Waals surface area contributed by atoms with Gasteiger partial charge in [0, 0.05) is 25.4 Å². The quantitative estimate of drug-likeness (QED) is 0.241. The van der Waals surface area contributed by atoms with Crippen molar-refractivity contribution in [2.24, 2.45) is 5.92 Å². The van der Waals surface area contributed by atoms with E-state index in [1.165, 1.54) is 70.9 Å². The zero-order chi connectivity index (χ0) is 20.1. The highest BCUT2D eigenvalue weighted by atomic mass is 28.3. The third-order valence-corrected chi connectivity index (χ3v) is 7.77. The molecular weight excluding hydrogens is 352 g/mol. The third kappa shape index (κ3) is 9.57. The lowest BCUT2D eigenvalue weighted by molar-refractivity contribution is -0.148. The van der Waals surface area contributed by atoms with E-state index in [1.807, 2.05) is 13.8 Å². The molecule has 160 valence electrons. The number of hydrogen-bond donors (Lipinski definition) is 0. The fourth-order valence-corrected chi connectivity index (χ4v) is 6.67. The molecule has 0 spiro atoms. The fourth-order valence-electron chi connectivity index (χ4n) is 4.42. The Bertz CT molecular complexity index is 393. The van der Waals surface area contributed by atoms with Gasteiger partial charge in [0.15, 0.2) is 0 Å². The van der Waals surface area contributed by atoms with Gasteiger partial charge in [0.25, 0.3) is 0 Å². The summed E-state index contributed by atoms with van der Waals surface area (Å²) in [4.78, 5) is 17.4. The summed E-state index contributed by atoms with van der Waals surface area (Å²) in [5.41, 5.74) is 0. The molecule has 2 atom stereocenters. The van der Waals surface area contributed by atoms with Crippen LogP contribution in [0.5, 0.6) is 0 Å². The predicted octanol–water partition coefficient (Wildman–Crippen LogP) is 4.69. The van der Waals surface area contributed by atoms with Crippen LogP contribution in [0.2, 0.25) is 13.1 Å². The number of hydrogen-bond acceptors (Lipinski definition) is 4. The van der Waals surface area contributed by atoms with E-state index in [-0.39, 0.29) is 11.9 Å². The number of rotatable bonds is 14. The number of carbonyl (C=O) groups is 1. The standard InChI is InChI=1S/C22H46N2O2Si/c1-6-8-9-10-11-12-13-14-16-23-17-15-18-24(22(23)27(4)5)19-20(3)21(25)26-7-2/h20,22,27H,6-19H2,1-5H3. The van der Waals surface area contributed by atoms with Crippen LogP contribution in [-0.4, -0.2) is 63.1 Å². The van der Waals surface area contributed by atoms with Crippen LogP contribution in [0.4, 0.5) is 0 Å². The molecule has 0 amide bonds. The summed E-state index contributed by atoms with van der Waals surface area (Å²) in [6, 6.07) is 0. The van der Waals surface area contributed by atoms with Gasteiger partial charge < -0.3 is 4.74 Å². The summed E-state index contributed by atoms with van der Waals surface area (Å²) in [6.45, 7) is 16.0. The van der Waals surface area contributed by atoms with Crippen LogP contribution in [0.1, 0.15) is 78.6 Å². The molecule has 1 heterocycles. The van der Waals surface area contributed by atoms with E-state index < -0.39 is 8.80 Å². The van der Waals surface area contributed by atoms with Crippen LogP contribution < -0.4 is 0 Å². The van der Waals surface area contributed by atoms with Crippen LogP contribution in [0.25, 0.3) is 0 Å². The molecule has 0 aromatic heterocycles. The Kier molecular flexibility index (Phi) is 13.3. The van der Waals surface area contributed by atoms with Crippen molar-refractivity contribution in [3.05, 3.63) is 0 Å². The summed E-state index contributed by atoms with van der Waals surface area (Å²) in [6.07, 6.45) is 12.3. The number of ether oxygens (including phenoxy) is 1. The fraction of sp³-hybridized carbons (Fsp3) is 0.955. The van der Waals surface area contributed by atoms with Gasteiger partial charge in [-0.1, -0.05) is 71.9 Å². The van der Waals surface area contributed by atoms with Crippen molar-refractivity contribution in [2.75, 3.05) is 32.8 Å². The molecule has 1 saturated heterocycles. The van der Waals surface area contributed by atoms with Gasteiger partial charge in [-0.3, -0.25) is 14.6 Å². The molecule has 0 N–H and O–H groups in total. The zero-order valence-electron chi connectivity index (χ0n) is 18.8. The summed E-state index contributed by atoms with van der Waals surface area (Å²) < 4.78 is 5.23. The van der Waals surface area contributed by atoms with Crippen LogP contribution in [0.3, 0.4) is 0 Å². The summed E-state index contributed by atoms with van der Waals surface area (Å²) in [5.74, 6) is 0.533. The second-order valence-corrected chi connectivity index (χ2v) is 11.8. The maximum Gasteiger partial charge on any atom is 0.309 e. The van der Waals surface area contributed by atoms with Crippen molar-refractivity contribution in [1.29, 1.82) is 0 Å². The highest BCUT2D eigenvalue weighted by Crippen LogP contribution is 2.20. The molecular formula is C22H46N2O2Si. The summed E-state index contributed by atoms with van der Waals surface area (Å²) >= 11 is 0. The van der Waals surface area contributed by atoms with Crippen molar-refractivity contribution in [1.82, 2.24) is 9.80 Å². The average molecular weight is 399 g/mol. The van der Waals surface area contributed by atoms with E-state index in [2.05, 4.69) is 29.8 Å². The van der Waals surface area contributed by atoms with E-state index in [9.17, 15) is 4.79 Å². The number of esters is 1. The van der Waals surface area contributed by atoms with Crippen molar-refractivity contribution >= 4 is 14.8 Å². The molecule has 0 aromatic rings. The third-order valence-electron chi connectivity index (χ3n) is 5.73. The molecule has 0 bridgehead atoms. The zero-order valence-corrected chi connectivity index (χ0v) is 20.0. The lowest BCUT2D eigenvalue weighted by atomic mass is 10.1. The Hall–Kier alpha value is -0.393. The van der Waals surface area contributed by atoms with E-state index in [1.54, 1.807) is 0 Å². The first-order valence-electron chi connectivity index (χ1n) is 11.7. The van der Waals surface area contributed by atoms with E-state index in [0.717, 1.165) is 13.1 Å².